The number of hydrogen-bond donors (Lipinski definition) is 0. The van der Waals surface area contributed by atoms with Crippen LogP contribution in [-0.4, -0.2) is 36.2 Å². The third kappa shape index (κ3) is 6.77. The Balaban J connectivity index is 0.000000340. The lowest BCUT2D eigenvalue weighted by Crippen LogP contribution is -3.61. The van der Waals surface area contributed by atoms with Crippen LogP contribution in [0.25, 0.3) is 0 Å². The van der Waals surface area contributed by atoms with Crippen molar-refractivity contribution in [3.8, 4) is 0 Å². The Morgan fingerprint density at radius 1 is 0.676 bits per heavy atom. The summed E-state index contributed by atoms with van der Waals surface area (Å²) in [6, 6.07) is 19.9. The molecule has 0 spiro atoms. The van der Waals surface area contributed by atoms with Crippen molar-refractivity contribution in [2.24, 2.45) is 0 Å². The van der Waals surface area contributed by atoms with Gasteiger partial charge in [0.25, 0.3) is 0 Å². The van der Waals surface area contributed by atoms with E-state index < -0.39 is 33.4 Å². The predicted octanol–water partition coefficient (Wildman–Crippen LogP) is 3.07. The molecule has 0 aliphatic rings. The first-order valence-corrected chi connectivity index (χ1v) is 12.6. The number of halogens is 10. The molecule has 0 saturated carbocycles. The second-order valence-corrected chi connectivity index (χ2v) is 12.2. The van der Waals surface area contributed by atoms with E-state index in [0.29, 0.717) is 0 Å². The standard InChI is InChI=1S/C16H18I.C4HF9O3S/c1-16(2,3)13-9-11-15(12-10-13)17-14-7-5-4-6-8-14;5-1(6,3(9,10)11)2(7,8)4(12,13)17(14,15)16/h4-12H,1-3H3;(H,14,15,16)/q+1;/p-1. The zero-order valence-corrected chi connectivity index (χ0v) is 20.6. The molecule has 0 unspecified atom stereocenters. The Bertz CT molecular complexity index is 1050. The molecule has 0 bridgehead atoms. The third-order valence-corrected chi connectivity index (χ3v) is 7.66. The van der Waals surface area contributed by atoms with Crippen LogP contribution in [0.15, 0.2) is 54.6 Å². The highest BCUT2D eigenvalue weighted by Gasteiger charge is 2.83. The van der Waals surface area contributed by atoms with Gasteiger partial charge in [0.1, 0.15) is 0 Å². The Hall–Kier alpha value is -1.55. The van der Waals surface area contributed by atoms with Gasteiger partial charge >= 0.3 is 44.5 Å². The van der Waals surface area contributed by atoms with Crippen LogP contribution in [0.1, 0.15) is 26.3 Å². The van der Waals surface area contributed by atoms with Crippen LogP contribution in [0.3, 0.4) is 0 Å². The molecule has 0 aliphatic heterocycles. The van der Waals surface area contributed by atoms with Gasteiger partial charge in [-0.2, -0.15) is 39.5 Å². The molecule has 3 nitrogen and oxygen atoms in total. The van der Waals surface area contributed by atoms with E-state index in [1.54, 1.807) is 0 Å². The molecule has 0 aliphatic carbocycles. The average Bonchev–Trinajstić information content (AvgIpc) is 2.67. The minimum Gasteiger partial charge on any atom is -0.743 e. The van der Waals surface area contributed by atoms with Gasteiger partial charge in [-0.1, -0.05) is 51.1 Å². The van der Waals surface area contributed by atoms with Crippen molar-refractivity contribution in [2.75, 3.05) is 0 Å². The smallest absolute Gasteiger partial charge is 0.460 e. The first-order chi connectivity index (χ1) is 15.1. The van der Waals surface area contributed by atoms with E-state index in [9.17, 15) is 52.5 Å². The number of rotatable bonds is 5. The fourth-order valence-electron chi connectivity index (χ4n) is 2.13. The van der Waals surface area contributed by atoms with Crippen LogP contribution in [0.4, 0.5) is 39.5 Å². The number of hydrogen-bond acceptors (Lipinski definition) is 3. The van der Waals surface area contributed by atoms with Crippen LogP contribution in [0.5, 0.6) is 0 Å². The minimum absolute atomic E-state index is 0.0208. The van der Waals surface area contributed by atoms with Crippen LogP contribution < -0.4 is 21.2 Å². The monoisotopic (exact) mass is 636 g/mol. The molecule has 0 saturated heterocycles. The van der Waals surface area contributed by atoms with Crippen LogP contribution >= 0.6 is 0 Å². The first kappa shape index (κ1) is 30.5. The first-order valence-electron chi connectivity index (χ1n) is 9.01. The molecule has 0 N–H and O–H groups in total. The van der Waals surface area contributed by atoms with Gasteiger partial charge in [0.05, 0.1) is 0 Å². The second-order valence-electron chi connectivity index (χ2n) is 7.76. The van der Waals surface area contributed by atoms with Gasteiger partial charge in [-0.05, 0) is 35.2 Å². The normalized spacial score (nSPS) is 13.8. The molecule has 0 aromatic heterocycles. The molecule has 14 heteroatoms. The zero-order chi connectivity index (χ0) is 26.8. The third-order valence-electron chi connectivity index (χ3n) is 4.09. The van der Waals surface area contributed by atoms with Crippen molar-refractivity contribution >= 4 is 10.1 Å². The van der Waals surface area contributed by atoms with E-state index >= 15 is 0 Å². The number of benzene rings is 2. The summed E-state index contributed by atoms with van der Waals surface area (Å²) in [5, 5.41) is -7.11. The predicted molar refractivity (Wildman–Crippen MR) is 99.6 cm³/mol. The Morgan fingerprint density at radius 3 is 1.44 bits per heavy atom. The molecule has 192 valence electrons. The topological polar surface area (TPSA) is 57.2 Å². The summed E-state index contributed by atoms with van der Waals surface area (Å²) < 4.78 is 138. The molecule has 0 atom stereocenters. The SMILES string of the molecule is CC(C)(C)c1ccc([I+]c2ccccc2)cc1.O=S(=O)([O-])C(F)(F)C(F)(F)C(F)(F)C(F)(F)F. The zero-order valence-electron chi connectivity index (χ0n) is 17.6. The summed E-state index contributed by atoms with van der Waals surface area (Å²) in [4.78, 5) is 0. The van der Waals surface area contributed by atoms with Crippen LogP contribution in [0.2, 0.25) is 0 Å². The molecular formula is C20H18F9IO3S. The van der Waals surface area contributed by atoms with E-state index in [0.717, 1.165) is 0 Å². The molecular weight excluding hydrogens is 618 g/mol. The fourth-order valence-corrected chi connectivity index (χ4v) is 4.79. The van der Waals surface area contributed by atoms with E-state index in [-0.39, 0.29) is 26.6 Å². The van der Waals surface area contributed by atoms with Crippen molar-refractivity contribution in [3.63, 3.8) is 0 Å². The summed E-state index contributed by atoms with van der Waals surface area (Å²) in [5.41, 5.74) is 1.67. The molecule has 34 heavy (non-hydrogen) atoms. The molecule has 2 aromatic rings. The Labute approximate surface area is 200 Å². The molecule has 0 fully saturated rings. The van der Waals surface area contributed by atoms with E-state index in [1.165, 1.54) is 12.7 Å². The van der Waals surface area contributed by atoms with E-state index in [4.69, 9.17) is 0 Å². The summed E-state index contributed by atoms with van der Waals surface area (Å²) in [6.45, 7) is 6.77. The Kier molecular flexibility index (Phi) is 9.15. The van der Waals surface area contributed by atoms with Crippen LogP contribution in [-0.2, 0) is 15.5 Å². The lowest BCUT2D eigenvalue weighted by molar-refractivity contribution is -0.597. The van der Waals surface area contributed by atoms with Gasteiger partial charge in [0.2, 0.25) is 0 Å². The van der Waals surface area contributed by atoms with Gasteiger partial charge in [0.15, 0.2) is 17.3 Å². The maximum atomic E-state index is 12.2. The quantitative estimate of drug-likeness (QED) is 0.288. The van der Waals surface area contributed by atoms with Crippen molar-refractivity contribution in [3.05, 3.63) is 67.3 Å². The largest absolute Gasteiger partial charge is 0.743 e. The molecule has 0 amide bonds. The average molecular weight is 636 g/mol. The molecule has 2 aromatic carbocycles. The van der Waals surface area contributed by atoms with Gasteiger partial charge in [0, 0.05) is 0 Å². The maximum Gasteiger partial charge on any atom is 0.460 e. The lowest BCUT2D eigenvalue weighted by atomic mass is 9.87. The van der Waals surface area contributed by atoms with Gasteiger partial charge in [-0.25, -0.2) is 8.42 Å². The van der Waals surface area contributed by atoms with Crippen molar-refractivity contribution in [2.45, 2.75) is 49.5 Å². The highest BCUT2D eigenvalue weighted by Crippen LogP contribution is 2.54. The molecule has 0 radical (unpaired) electrons. The fraction of sp³-hybridized carbons (Fsp3) is 0.400. The van der Waals surface area contributed by atoms with E-state index in [2.05, 4.69) is 75.4 Å². The van der Waals surface area contributed by atoms with Crippen LogP contribution in [0, 0.1) is 7.14 Å². The highest BCUT2D eigenvalue weighted by molar-refractivity contribution is 7.86. The maximum absolute atomic E-state index is 12.2. The Morgan fingerprint density at radius 2 is 1.09 bits per heavy atom. The highest BCUT2D eigenvalue weighted by atomic mass is 127. The van der Waals surface area contributed by atoms with Crippen molar-refractivity contribution in [1.29, 1.82) is 0 Å². The summed E-state index contributed by atoms with van der Waals surface area (Å²) in [7, 11) is -7.42. The summed E-state index contributed by atoms with van der Waals surface area (Å²) in [5.74, 6) is -14.8. The molecule has 0 heterocycles. The summed E-state index contributed by atoms with van der Waals surface area (Å²) >= 11 is -0.0208. The minimum atomic E-state index is -7.43. The van der Waals surface area contributed by atoms with Crippen molar-refractivity contribution in [1.82, 2.24) is 0 Å². The summed E-state index contributed by atoms with van der Waals surface area (Å²) in [6.07, 6.45) is -7.16. The lowest BCUT2D eigenvalue weighted by Gasteiger charge is -2.34. The second kappa shape index (κ2) is 10.2. The number of alkyl halides is 9. The van der Waals surface area contributed by atoms with Gasteiger partial charge in [-0.15, -0.1) is 0 Å². The van der Waals surface area contributed by atoms with Gasteiger partial charge < -0.3 is 4.55 Å². The van der Waals surface area contributed by atoms with Gasteiger partial charge in [-0.3, -0.25) is 0 Å². The molecule has 2 rings (SSSR count). The van der Waals surface area contributed by atoms with Crippen molar-refractivity contribution < 1.29 is 73.7 Å². The van der Waals surface area contributed by atoms with E-state index in [1.807, 2.05) is 0 Å².